The predicted octanol–water partition coefficient (Wildman–Crippen LogP) is 2.94. The van der Waals surface area contributed by atoms with E-state index in [0.717, 1.165) is 18.8 Å². The van der Waals surface area contributed by atoms with Crippen molar-refractivity contribution in [2.75, 3.05) is 31.2 Å². The summed E-state index contributed by atoms with van der Waals surface area (Å²) in [7, 11) is 0. The molecule has 130 valence electrons. The van der Waals surface area contributed by atoms with Crippen LogP contribution in [-0.4, -0.2) is 42.5 Å². The molecule has 0 atom stereocenters. The minimum atomic E-state index is -0.132. The molecule has 0 saturated carbocycles. The molecule has 5 nitrogen and oxygen atoms in total. The maximum Gasteiger partial charge on any atom is 0.246 e. The molecule has 0 saturated heterocycles. The Morgan fingerprint density at radius 1 is 1.22 bits per heavy atom. The molecule has 0 bridgehead atoms. The highest BCUT2D eigenvalue weighted by Gasteiger charge is 2.16. The van der Waals surface area contributed by atoms with Crippen molar-refractivity contribution in [3.05, 3.63) is 30.3 Å². The number of amides is 1. The Balaban J connectivity index is 0.00000484. The third kappa shape index (κ3) is 9.70. The number of hydrogen-bond donors (Lipinski definition) is 3. The highest BCUT2D eigenvalue weighted by atomic mass is 127. The molecular formula is C16H27IN4OS. The summed E-state index contributed by atoms with van der Waals surface area (Å²) in [5.41, 5.74) is 0.782. The molecule has 3 N–H and O–H groups in total. The highest BCUT2D eigenvalue weighted by molar-refractivity contribution is 14.0. The van der Waals surface area contributed by atoms with Gasteiger partial charge in [-0.25, -0.2) is 4.99 Å². The number of halogens is 1. The van der Waals surface area contributed by atoms with Crippen LogP contribution in [0.2, 0.25) is 0 Å². The van der Waals surface area contributed by atoms with Gasteiger partial charge in [-0.3, -0.25) is 4.79 Å². The first-order valence-electron chi connectivity index (χ1n) is 7.39. The number of carbonyl (C=O) groups excluding carboxylic acids is 1. The summed E-state index contributed by atoms with van der Waals surface area (Å²) in [6.45, 7) is 7.95. The molecule has 7 heteroatoms. The number of para-hydroxylation sites is 1. The summed E-state index contributed by atoms with van der Waals surface area (Å²) in [6.07, 6.45) is 2.08. The van der Waals surface area contributed by atoms with Gasteiger partial charge in [0.2, 0.25) is 5.91 Å². The van der Waals surface area contributed by atoms with Gasteiger partial charge in [0.25, 0.3) is 0 Å². The fourth-order valence-corrected chi connectivity index (χ4v) is 1.80. The lowest BCUT2D eigenvalue weighted by Crippen LogP contribution is -2.43. The summed E-state index contributed by atoms with van der Waals surface area (Å²) in [5, 5.41) is 9.23. The number of nitrogens with one attached hydrogen (secondary N) is 3. The van der Waals surface area contributed by atoms with Gasteiger partial charge in [0.05, 0.1) is 0 Å². The second-order valence-corrected chi connectivity index (χ2v) is 6.94. The number of aliphatic imine (C=N–C) groups is 1. The van der Waals surface area contributed by atoms with Gasteiger partial charge in [-0.2, -0.15) is 11.8 Å². The topological polar surface area (TPSA) is 65.5 Å². The maximum atomic E-state index is 11.9. The average molecular weight is 450 g/mol. The van der Waals surface area contributed by atoms with Crippen molar-refractivity contribution in [2.45, 2.75) is 25.5 Å². The zero-order chi connectivity index (χ0) is 16.4. The molecule has 0 heterocycles. The van der Waals surface area contributed by atoms with Gasteiger partial charge in [-0.05, 0) is 39.2 Å². The second kappa shape index (κ2) is 11.6. The Labute approximate surface area is 160 Å². The van der Waals surface area contributed by atoms with E-state index in [9.17, 15) is 4.79 Å². The third-order valence-electron chi connectivity index (χ3n) is 3.02. The van der Waals surface area contributed by atoms with E-state index in [0.29, 0.717) is 5.96 Å². The van der Waals surface area contributed by atoms with Gasteiger partial charge < -0.3 is 16.0 Å². The van der Waals surface area contributed by atoms with Crippen molar-refractivity contribution in [3.63, 3.8) is 0 Å². The monoisotopic (exact) mass is 450 g/mol. The minimum Gasteiger partial charge on any atom is -0.357 e. The molecule has 1 aromatic rings. The lowest BCUT2D eigenvalue weighted by atomic mass is 10.2. The van der Waals surface area contributed by atoms with Crippen molar-refractivity contribution in [1.82, 2.24) is 10.6 Å². The molecule has 1 aromatic carbocycles. The van der Waals surface area contributed by atoms with E-state index in [4.69, 9.17) is 0 Å². The average Bonchev–Trinajstić information content (AvgIpc) is 2.51. The number of rotatable bonds is 7. The van der Waals surface area contributed by atoms with E-state index in [1.165, 1.54) is 0 Å². The van der Waals surface area contributed by atoms with E-state index in [2.05, 4.69) is 41.0 Å². The van der Waals surface area contributed by atoms with Gasteiger partial charge in [0, 0.05) is 23.5 Å². The fraction of sp³-hybridized carbons (Fsp3) is 0.500. The van der Waals surface area contributed by atoms with E-state index in [-0.39, 0.29) is 41.2 Å². The van der Waals surface area contributed by atoms with Crippen LogP contribution in [0.3, 0.4) is 0 Å². The van der Waals surface area contributed by atoms with Crippen LogP contribution in [0.1, 0.15) is 20.8 Å². The quantitative estimate of drug-likeness (QED) is 0.340. The number of thioether (sulfide) groups is 1. The highest BCUT2D eigenvalue weighted by Crippen LogP contribution is 2.19. The number of nitrogens with zero attached hydrogens (tertiary/aromatic N) is 1. The molecular weight excluding hydrogens is 423 g/mol. The molecule has 0 unspecified atom stereocenters. The van der Waals surface area contributed by atoms with Gasteiger partial charge in [0.15, 0.2) is 5.96 Å². The molecule has 23 heavy (non-hydrogen) atoms. The summed E-state index contributed by atoms with van der Waals surface area (Å²) < 4.78 is 0.114. The lowest BCUT2D eigenvalue weighted by molar-refractivity contribution is -0.114. The van der Waals surface area contributed by atoms with Crippen molar-refractivity contribution >= 4 is 53.3 Å². The number of guanidine groups is 1. The SMILES string of the molecule is CCNC(=NCC(=O)Nc1ccccc1)NCC(C)(C)SC.I. The normalized spacial score (nSPS) is 11.4. The molecule has 0 fully saturated rings. The van der Waals surface area contributed by atoms with Crippen molar-refractivity contribution in [1.29, 1.82) is 0 Å². The standard InChI is InChI=1S/C16H26N4OS.HI/c1-5-17-15(19-12-16(2,3)22-4)18-11-14(21)20-13-9-7-6-8-10-13;/h6-10H,5,11-12H2,1-4H3,(H,20,21)(H2,17,18,19);1H. The van der Waals surface area contributed by atoms with Crippen LogP contribution in [0.15, 0.2) is 35.3 Å². The van der Waals surface area contributed by atoms with Crippen LogP contribution in [0.4, 0.5) is 5.69 Å². The molecule has 1 amide bonds. The molecule has 0 aliphatic heterocycles. The number of benzene rings is 1. The number of carbonyl (C=O) groups is 1. The van der Waals surface area contributed by atoms with Crippen LogP contribution in [0.5, 0.6) is 0 Å². The Morgan fingerprint density at radius 2 is 1.87 bits per heavy atom. The van der Waals surface area contributed by atoms with Crippen LogP contribution in [0.25, 0.3) is 0 Å². The molecule has 0 radical (unpaired) electrons. The van der Waals surface area contributed by atoms with E-state index in [1.807, 2.05) is 37.3 Å². The maximum absolute atomic E-state index is 11.9. The molecule has 0 aliphatic rings. The van der Waals surface area contributed by atoms with Crippen LogP contribution >= 0.6 is 35.7 Å². The lowest BCUT2D eigenvalue weighted by Gasteiger charge is -2.23. The zero-order valence-corrected chi connectivity index (χ0v) is 17.3. The summed E-state index contributed by atoms with van der Waals surface area (Å²) >= 11 is 1.79. The molecule has 0 spiro atoms. The van der Waals surface area contributed by atoms with E-state index < -0.39 is 0 Å². The largest absolute Gasteiger partial charge is 0.357 e. The molecule has 1 rings (SSSR count). The Bertz CT molecular complexity index is 494. The van der Waals surface area contributed by atoms with Gasteiger partial charge >= 0.3 is 0 Å². The second-order valence-electron chi connectivity index (χ2n) is 5.43. The number of anilines is 1. The smallest absolute Gasteiger partial charge is 0.246 e. The summed E-state index contributed by atoms with van der Waals surface area (Å²) in [4.78, 5) is 16.2. The fourth-order valence-electron chi connectivity index (χ4n) is 1.58. The van der Waals surface area contributed by atoms with E-state index in [1.54, 1.807) is 11.8 Å². The van der Waals surface area contributed by atoms with Crippen LogP contribution < -0.4 is 16.0 Å². The summed E-state index contributed by atoms with van der Waals surface area (Å²) in [5.74, 6) is 0.528. The van der Waals surface area contributed by atoms with Crippen LogP contribution in [-0.2, 0) is 4.79 Å². The van der Waals surface area contributed by atoms with Gasteiger partial charge in [0.1, 0.15) is 6.54 Å². The first kappa shape index (κ1) is 22.0. The Kier molecular flexibility index (Phi) is 11.1. The first-order chi connectivity index (χ1) is 10.5. The molecule has 0 aliphatic carbocycles. The number of hydrogen-bond acceptors (Lipinski definition) is 3. The van der Waals surface area contributed by atoms with Gasteiger partial charge in [-0.15, -0.1) is 24.0 Å². The first-order valence-corrected chi connectivity index (χ1v) is 8.61. The predicted molar refractivity (Wildman–Crippen MR) is 112 cm³/mol. The Morgan fingerprint density at radius 3 is 2.43 bits per heavy atom. The van der Waals surface area contributed by atoms with Gasteiger partial charge in [-0.1, -0.05) is 18.2 Å². The van der Waals surface area contributed by atoms with Crippen molar-refractivity contribution in [3.8, 4) is 0 Å². The van der Waals surface area contributed by atoms with E-state index >= 15 is 0 Å². The molecule has 0 aromatic heterocycles. The third-order valence-corrected chi connectivity index (χ3v) is 4.27. The zero-order valence-electron chi connectivity index (χ0n) is 14.2. The summed E-state index contributed by atoms with van der Waals surface area (Å²) in [6, 6.07) is 9.39. The van der Waals surface area contributed by atoms with Crippen LogP contribution in [0, 0.1) is 0 Å². The van der Waals surface area contributed by atoms with Crippen molar-refractivity contribution in [2.24, 2.45) is 4.99 Å². The minimum absolute atomic E-state index is 0. The Hall–Kier alpha value is -0.960. The van der Waals surface area contributed by atoms with Crippen molar-refractivity contribution < 1.29 is 4.79 Å².